The molecule has 0 aliphatic heterocycles. The molecule has 2 aliphatic rings. The average molecular weight is 152 g/mol. The molecule has 0 N–H and O–H groups in total. The molecule has 0 aromatic rings. The van der Waals surface area contributed by atoms with Gasteiger partial charge in [-0.05, 0) is 42.4 Å². The zero-order valence-corrected chi connectivity index (χ0v) is 8.11. The molecule has 0 amide bonds. The molecule has 2 aliphatic carbocycles. The maximum atomic E-state index is 2.41. The summed E-state index contributed by atoms with van der Waals surface area (Å²) in [5, 5.41) is 0. The van der Waals surface area contributed by atoms with Gasteiger partial charge in [0, 0.05) is 0 Å². The van der Waals surface area contributed by atoms with Crippen molar-refractivity contribution in [1.29, 1.82) is 0 Å². The minimum atomic E-state index is 0.690. The zero-order chi connectivity index (χ0) is 8.11. The molecule has 2 rings (SSSR count). The largest absolute Gasteiger partial charge is 0.0648 e. The minimum Gasteiger partial charge on any atom is -0.0648 e. The Kier molecular flexibility index (Phi) is 1.41. The van der Waals surface area contributed by atoms with Gasteiger partial charge < -0.3 is 0 Å². The lowest BCUT2D eigenvalue weighted by Gasteiger charge is -2.47. The Balaban J connectivity index is 1.91. The number of hydrogen-bond acceptors (Lipinski definition) is 0. The maximum absolute atomic E-state index is 2.41. The summed E-state index contributed by atoms with van der Waals surface area (Å²) >= 11 is 0. The van der Waals surface area contributed by atoms with Gasteiger partial charge in [-0.3, -0.25) is 0 Å². The van der Waals surface area contributed by atoms with Crippen LogP contribution >= 0.6 is 0 Å². The summed E-state index contributed by atoms with van der Waals surface area (Å²) in [5.41, 5.74) is 1.53. The zero-order valence-electron chi connectivity index (χ0n) is 8.11. The van der Waals surface area contributed by atoms with Crippen LogP contribution in [0.3, 0.4) is 0 Å². The van der Waals surface area contributed by atoms with Crippen molar-refractivity contribution < 1.29 is 0 Å². The highest BCUT2D eigenvalue weighted by Gasteiger charge is 2.54. The average Bonchev–Trinajstić information content (AvgIpc) is 2.62. The first kappa shape index (κ1) is 7.64. The van der Waals surface area contributed by atoms with E-state index < -0.39 is 0 Å². The molecular formula is C11H20. The van der Waals surface area contributed by atoms with E-state index in [4.69, 9.17) is 0 Å². The normalized spacial score (nSPS) is 33.0. The van der Waals surface area contributed by atoms with Crippen molar-refractivity contribution in [2.45, 2.75) is 52.9 Å². The molecule has 0 atom stereocenters. The molecule has 0 bridgehead atoms. The standard InChI is InChI=1S/C11H20/c1-4-11(5-6-11)9-7-10(2,3)8-9/h9H,4-8H2,1-3H3. The smallest absolute Gasteiger partial charge is 0.0271 e. The highest BCUT2D eigenvalue weighted by molar-refractivity contribution is 5.04. The van der Waals surface area contributed by atoms with Crippen LogP contribution in [0.2, 0.25) is 0 Å². The molecule has 0 heterocycles. The van der Waals surface area contributed by atoms with Crippen LogP contribution in [-0.2, 0) is 0 Å². The summed E-state index contributed by atoms with van der Waals surface area (Å²) < 4.78 is 0. The van der Waals surface area contributed by atoms with Gasteiger partial charge in [0.25, 0.3) is 0 Å². The highest BCUT2D eigenvalue weighted by Crippen LogP contribution is 2.64. The maximum Gasteiger partial charge on any atom is -0.0271 e. The van der Waals surface area contributed by atoms with Crippen LogP contribution < -0.4 is 0 Å². The van der Waals surface area contributed by atoms with E-state index in [0.717, 1.165) is 11.3 Å². The van der Waals surface area contributed by atoms with E-state index in [-0.39, 0.29) is 0 Å². The molecule has 0 spiro atoms. The summed E-state index contributed by atoms with van der Waals surface area (Å²) in [5.74, 6) is 1.10. The van der Waals surface area contributed by atoms with Crippen molar-refractivity contribution in [3.8, 4) is 0 Å². The van der Waals surface area contributed by atoms with Gasteiger partial charge in [0.2, 0.25) is 0 Å². The van der Waals surface area contributed by atoms with E-state index in [2.05, 4.69) is 20.8 Å². The fourth-order valence-electron chi connectivity index (χ4n) is 2.92. The molecule has 0 nitrogen and oxygen atoms in total. The first-order valence-corrected chi connectivity index (χ1v) is 5.08. The molecule has 2 fully saturated rings. The third-order valence-electron chi connectivity index (χ3n) is 4.06. The van der Waals surface area contributed by atoms with Crippen LogP contribution in [0.1, 0.15) is 52.9 Å². The molecule has 0 aromatic heterocycles. The first-order valence-electron chi connectivity index (χ1n) is 5.08. The van der Waals surface area contributed by atoms with Crippen LogP contribution in [0.5, 0.6) is 0 Å². The fraction of sp³-hybridized carbons (Fsp3) is 1.00. The van der Waals surface area contributed by atoms with Crippen molar-refractivity contribution in [2.24, 2.45) is 16.7 Å². The van der Waals surface area contributed by atoms with Crippen molar-refractivity contribution in [2.75, 3.05) is 0 Å². The lowest BCUT2D eigenvalue weighted by molar-refractivity contribution is 0.0353. The molecular weight excluding hydrogens is 132 g/mol. The molecule has 0 radical (unpaired) electrons. The van der Waals surface area contributed by atoms with Gasteiger partial charge in [-0.1, -0.05) is 27.2 Å². The second-order valence-corrected chi connectivity index (χ2v) is 5.49. The van der Waals surface area contributed by atoms with Gasteiger partial charge in [-0.2, -0.15) is 0 Å². The Labute approximate surface area is 70.4 Å². The van der Waals surface area contributed by atoms with Gasteiger partial charge in [0.1, 0.15) is 0 Å². The molecule has 0 heteroatoms. The van der Waals surface area contributed by atoms with Gasteiger partial charge in [-0.25, -0.2) is 0 Å². The van der Waals surface area contributed by atoms with Gasteiger partial charge >= 0.3 is 0 Å². The summed E-state index contributed by atoms with van der Waals surface area (Å²) in [4.78, 5) is 0. The highest BCUT2D eigenvalue weighted by atomic mass is 14.6. The second-order valence-electron chi connectivity index (χ2n) is 5.49. The van der Waals surface area contributed by atoms with E-state index in [1.807, 2.05) is 0 Å². The Bertz CT molecular complexity index is 155. The molecule has 0 aromatic carbocycles. The Morgan fingerprint density at radius 3 is 2.00 bits per heavy atom. The number of hydrogen-bond donors (Lipinski definition) is 0. The van der Waals surface area contributed by atoms with Crippen LogP contribution in [0, 0.1) is 16.7 Å². The Morgan fingerprint density at radius 2 is 1.73 bits per heavy atom. The third-order valence-corrected chi connectivity index (χ3v) is 4.06. The Morgan fingerprint density at radius 1 is 1.18 bits per heavy atom. The lowest BCUT2D eigenvalue weighted by atomic mass is 9.58. The summed E-state index contributed by atoms with van der Waals surface area (Å²) in [6, 6.07) is 0. The van der Waals surface area contributed by atoms with Crippen molar-refractivity contribution in [3.63, 3.8) is 0 Å². The van der Waals surface area contributed by atoms with E-state index in [1.165, 1.54) is 32.1 Å². The minimum absolute atomic E-state index is 0.690. The molecule has 64 valence electrons. The van der Waals surface area contributed by atoms with Gasteiger partial charge in [0.05, 0.1) is 0 Å². The quantitative estimate of drug-likeness (QED) is 0.567. The molecule has 0 unspecified atom stereocenters. The predicted octanol–water partition coefficient (Wildman–Crippen LogP) is 3.61. The van der Waals surface area contributed by atoms with Crippen molar-refractivity contribution >= 4 is 0 Å². The first-order chi connectivity index (χ1) is 5.08. The van der Waals surface area contributed by atoms with Crippen LogP contribution in [0.4, 0.5) is 0 Å². The third kappa shape index (κ3) is 1.11. The Hall–Kier alpha value is 0. The van der Waals surface area contributed by atoms with E-state index >= 15 is 0 Å². The monoisotopic (exact) mass is 152 g/mol. The van der Waals surface area contributed by atoms with Crippen LogP contribution in [-0.4, -0.2) is 0 Å². The lowest BCUT2D eigenvalue weighted by Crippen LogP contribution is -2.37. The SMILES string of the molecule is CCC1(C2CC(C)(C)C2)CC1. The van der Waals surface area contributed by atoms with Crippen molar-refractivity contribution in [3.05, 3.63) is 0 Å². The van der Waals surface area contributed by atoms with E-state index in [1.54, 1.807) is 0 Å². The molecule has 2 saturated carbocycles. The van der Waals surface area contributed by atoms with Crippen LogP contribution in [0.25, 0.3) is 0 Å². The second kappa shape index (κ2) is 2.02. The molecule has 11 heavy (non-hydrogen) atoms. The van der Waals surface area contributed by atoms with Gasteiger partial charge in [0.15, 0.2) is 0 Å². The number of rotatable bonds is 2. The van der Waals surface area contributed by atoms with Crippen molar-refractivity contribution in [1.82, 2.24) is 0 Å². The predicted molar refractivity (Wildman–Crippen MR) is 48.5 cm³/mol. The van der Waals surface area contributed by atoms with Gasteiger partial charge in [-0.15, -0.1) is 0 Å². The fourth-order valence-corrected chi connectivity index (χ4v) is 2.92. The van der Waals surface area contributed by atoms with E-state index in [0.29, 0.717) is 5.41 Å². The topological polar surface area (TPSA) is 0 Å². The van der Waals surface area contributed by atoms with Crippen LogP contribution in [0.15, 0.2) is 0 Å². The molecule has 0 saturated heterocycles. The summed E-state index contributed by atoms with van der Waals surface area (Å²) in [6.07, 6.45) is 7.50. The van der Waals surface area contributed by atoms with E-state index in [9.17, 15) is 0 Å². The summed E-state index contributed by atoms with van der Waals surface area (Å²) in [6.45, 7) is 7.20. The summed E-state index contributed by atoms with van der Waals surface area (Å²) in [7, 11) is 0.